The summed E-state index contributed by atoms with van der Waals surface area (Å²) < 4.78 is 12.2. The fourth-order valence-corrected chi connectivity index (χ4v) is 4.74. The molecule has 3 aromatic rings. The van der Waals surface area contributed by atoms with Crippen LogP contribution in [0.3, 0.4) is 0 Å². The van der Waals surface area contributed by atoms with E-state index in [0.717, 1.165) is 16.9 Å². The SMILES string of the molecule is COc1ccc(CNC(=O)C2Sc3nnc(C)n3NC2c2ccc(OC)c(Cl)c2)cc1. The lowest BCUT2D eigenvalue weighted by molar-refractivity contribution is -0.121. The largest absolute Gasteiger partial charge is 0.497 e. The zero-order valence-corrected chi connectivity index (χ0v) is 18.8. The molecule has 1 aromatic heterocycles. The Hall–Kier alpha value is -2.91. The van der Waals surface area contributed by atoms with Crippen molar-refractivity contribution in [2.24, 2.45) is 0 Å². The molecule has 2 heterocycles. The number of rotatable bonds is 6. The lowest BCUT2D eigenvalue weighted by Crippen LogP contribution is -2.44. The van der Waals surface area contributed by atoms with E-state index in [1.165, 1.54) is 11.8 Å². The summed E-state index contributed by atoms with van der Waals surface area (Å²) >= 11 is 7.72. The predicted molar refractivity (Wildman–Crippen MR) is 119 cm³/mol. The number of carbonyl (C=O) groups is 1. The number of hydrogen-bond donors (Lipinski definition) is 2. The number of hydrogen-bond acceptors (Lipinski definition) is 7. The van der Waals surface area contributed by atoms with Crippen LogP contribution in [0.2, 0.25) is 5.02 Å². The second-order valence-electron chi connectivity index (χ2n) is 6.97. The topological polar surface area (TPSA) is 90.3 Å². The summed E-state index contributed by atoms with van der Waals surface area (Å²) in [5, 5.41) is 12.0. The maximum absolute atomic E-state index is 13.2. The molecule has 0 fully saturated rings. The third-order valence-electron chi connectivity index (χ3n) is 5.02. The number of amides is 1. The van der Waals surface area contributed by atoms with Crippen molar-refractivity contribution >= 4 is 29.3 Å². The molecule has 1 aliphatic rings. The summed E-state index contributed by atoms with van der Waals surface area (Å²) in [5.74, 6) is 1.95. The maximum atomic E-state index is 13.2. The molecule has 2 atom stereocenters. The van der Waals surface area contributed by atoms with Gasteiger partial charge in [-0.3, -0.25) is 4.79 Å². The van der Waals surface area contributed by atoms with Crippen molar-refractivity contribution in [2.45, 2.75) is 29.9 Å². The van der Waals surface area contributed by atoms with Gasteiger partial charge in [0.15, 0.2) is 0 Å². The van der Waals surface area contributed by atoms with Crippen LogP contribution >= 0.6 is 23.4 Å². The van der Waals surface area contributed by atoms with Crippen LogP contribution in [-0.2, 0) is 11.3 Å². The molecule has 8 nitrogen and oxygen atoms in total. The zero-order chi connectivity index (χ0) is 22.0. The molecule has 2 N–H and O–H groups in total. The normalized spacial score (nSPS) is 17.4. The summed E-state index contributed by atoms with van der Waals surface area (Å²) in [5.41, 5.74) is 5.20. The van der Waals surface area contributed by atoms with Crippen molar-refractivity contribution in [2.75, 3.05) is 19.6 Å². The van der Waals surface area contributed by atoms with E-state index in [-0.39, 0.29) is 11.9 Å². The lowest BCUT2D eigenvalue weighted by atomic mass is 10.0. The van der Waals surface area contributed by atoms with Crippen LogP contribution in [0.4, 0.5) is 0 Å². The van der Waals surface area contributed by atoms with Crippen molar-refractivity contribution in [1.82, 2.24) is 20.2 Å². The van der Waals surface area contributed by atoms with E-state index in [1.807, 2.05) is 43.3 Å². The molecule has 0 radical (unpaired) electrons. The lowest BCUT2D eigenvalue weighted by Gasteiger charge is -2.33. The second kappa shape index (κ2) is 9.07. The highest BCUT2D eigenvalue weighted by molar-refractivity contribution is 8.00. The van der Waals surface area contributed by atoms with Crippen molar-refractivity contribution in [1.29, 1.82) is 0 Å². The first-order chi connectivity index (χ1) is 15.0. The van der Waals surface area contributed by atoms with Crippen molar-refractivity contribution in [3.8, 4) is 11.5 Å². The number of nitrogens with zero attached hydrogens (tertiary/aromatic N) is 3. The van der Waals surface area contributed by atoms with Gasteiger partial charge in [-0.05, 0) is 42.3 Å². The number of aromatic nitrogens is 3. The van der Waals surface area contributed by atoms with Gasteiger partial charge in [0.2, 0.25) is 11.1 Å². The Morgan fingerprint density at radius 3 is 2.65 bits per heavy atom. The first-order valence-corrected chi connectivity index (χ1v) is 10.8. The van der Waals surface area contributed by atoms with Gasteiger partial charge in [0.25, 0.3) is 0 Å². The van der Waals surface area contributed by atoms with E-state index in [9.17, 15) is 4.79 Å². The first-order valence-electron chi connectivity index (χ1n) is 9.59. The van der Waals surface area contributed by atoms with E-state index < -0.39 is 5.25 Å². The highest BCUT2D eigenvalue weighted by atomic mass is 35.5. The van der Waals surface area contributed by atoms with Gasteiger partial charge in [-0.25, -0.2) is 4.68 Å². The van der Waals surface area contributed by atoms with E-state index in [4.69, 9.17) is 21.1 Å². The molecule has 2 aromatic carbocycles. The Morgan fingerprint density at radius 2 is 1.97 bits per heavy atom. The molecular formula is C21H22ClN5O3S. The highest BCUT2D eigenvalue weighted by Crippen LogP contribution is 2.38. The van der Waals surface area contributed by atoms with Crippen LogP contribution in [0.25, 0.3) is 0 Å². The van der Waals surface area contributed by atoms with E-state index in [0.29, 0.717) is 28.3 Å². The Labute approximate surface area is 189 Å². The van der Waals surface area contributed by atoms with Crippen molar-refractivity contribution in [3.63, 3.8) is 0 Å². The van der Waals surface area contributed by atoms with Crippen LogP contribution in [0.15, 0.2) is 47.6 Å². The number of ether oxygens (including phenoxy) is 2. The monoisotopic (exact) mass is 459 g/mol. The molecule has 0 bridgehead atoms. The number of halogens is 1. The number of carbonyl (C=O) groups excluding carboxylic acids is 1. The van der Waals surface area contributed by atoms with Gasteiger partial charge >= 0.3 is 0 Å². The molecule has 0 saturated heterocycles. The number of fused-ring (bicyclic) bond motifs is 1. The molecule has 1 amide bonds. The molecular weight excluding hydrogens is 438 g/mol. The standard InChI is InChI=1S/C21H22ClN5O3S/c1-12-24-25-21-27(12)26-18(14-6-9-17(30-3)16(22)10-14)19(31-21)20(28)23-11-13-4-7-15(29-2)8-5-13/h4-10,18-19,26H,11H2,1-3H3,(H,23,28). The molecule has 0 saturated carbocycles. The minimum Gasteiger partial charge on any atom is -0.497 e. The summed E-state index contributed by atoms with van der Waals surface area (Å²) in [6.07, 6.45) is 0. The number of aryl methyl sites for hydroxylation is 1. The Bertz CT molecular complexity index is 1090. The molecule has 2 unspecified atom stereocenters. The maximum Gasteiger partial charge on any atom is 0.236 e. The minimum atomic E-state index is -0.473. The number of nitrogens with one attached hydrogen (secondary N) is 2. The summed E-state index contributed by atoms with van der Waals surface area (Å²) in [6.45, 7) is 2.26. The van der Waals surface area contributed by atoms with E-state index >= 15 is 0 Å². The van der Waals surface area contributed by atoms with Crippen LogP contribution in [0.1, 0.15) is 23.0 Å². The van der Waals surface area contributed by atoms with Gasteiger partial charge < -0.3 is 20.2 Å². The Kier molecular flexibility index (Phi) is 6.24. The predicted octanol–water partition coefficient (Wildman–Crippen LogP) is 3.33. The Balaban J connectivity index is 1.57. The molecule has 0 spiro atoms. The average Bonchev–Trinajstić information content (AvgIpc) is 3.16. The van der Waals surface area contributed by atoms with Gasteiger partial charge in [-0.1, -0.05) is 41.6 Å². The number of benzene rings is 2. The number of thioether (sulfide) groups is 1. The average molecular weight is 460 g/mol. The molecule has 0 aliphatic carbocycles. The number of methoxy groups -OCH3 is 2. The first kappa shape index (κ1) is 21.3. The van der Waals surface area contributed by atoms with Crippen molar-refractivity contribution in [3.05, 3.63) is 64.4 Å². The van der Waals surface area contributed by atoms with E-state index in [2.05, 4.69) is 20.9 Å². The zero-order valence-electron chi connectivity index (χ0n) is 17.3. The third-order valence-corrected chi connectivity index (χ3v) is 6.53. The van der Waals surface area contributed by atoms with Gasteiger partial charge in [-0.2, -0.15) is 0 Å². The van der Waals surface area contributed by atoms with Gasteiger partial charge in [-0.15, -0.1) is 10.2 Å². The third kappa shape index (κ3) is 4.42. The van der Waals surface area contributed by atoms with Crippen LogP contribution < -0.4 is 20.2 Å². The fourth-order valence-electron chi connectivity index (χ4n) is 3.32. The molecule has 31 heavy (non-hydrogen) atoms. The fraction of sp³-hybridized carbons (Fsp3) is 0.286. The minimum absolute atomic E-state index is 0.114. The second-order valence-corrected chi connectivity index (χ2v) is 8.49. The molecule has 10 heteroatoms. The molecule has 1 aliphatic heterocycles. The smallest absolute Gasteiger partial charge is 0.236 e. The highest BCUT2D eigenvalue weighted by Gasteiger charge is 2.37. The quantitative estimate of drug-likeness (QED) is 0.584. The van der Waals surface area contributed by atoms with Gasteiger partial charge in [0, 0.05) is 6.54 Å². The summed E-state index contributed by atoms with van der Waals surface area (Å²) in [6, 6.07) is 12.7. The Morgan fingerprint density at radius 1 is 1.19 bits per heavy atom. The summed E-state index contributed by atoms with van der Waals surface area (Å²) in [7, 11) is 3.19. The van der Waals surface area contributed by atoms with Crippen LogP contribution in [0.5, 0.6) is 11.5 Å². The molecule has 4 rings (SSSR count). The van der Waals surface area contributed by atoms with Crippen LogP contribution in [0, 0.1) is 6.92 Å². The van der Waals surface area contributed by atoms with Crippen LogP contribution in [-0.4, -0.2) is 40.3 Å². The van der Waals surface area contributed by atoms with E-state index in [1.54, 1.807) is 25.0 Å². The van der Waals surface area contributed by atoms with Crippen molar-refractivity contribution < 1.29 is 14.3 Å². The van der Waals surface area contributed by atoms with Gasteiger partial charge in [0.05, 0.1) is 25.3 Å². The van der Waals surface area contributed by atoms with Gasteiger partial charge in [0.1, 0.15) is 22.6 Å². The molecule has 162 valence electrons. The summed E-state index contributed by atoms with van der Waals surface area (Å²) in [4.78, 5) is 13.2.